The van der Waals surface area contributed by atoms with Gasteiger partial charge in [0, 0.05) is 0 Å². The molecular formula is C12H17BO4. The minimum absolute atomic E-state index is 0.289. The molecule has 0 spiro atoms. The molecule has 17 heavy (non-hydrogen) atoms. The van der Waals surface area contributed by atoms with Crippen molar-refractivity contribution in [3.05, 3.63) is 17.7 Å². The first-order chi connectivity index (χ1) is 7.94. The first kappa shape index (κ1) is 12.3. The summed E-state index contributed by atoms with van der Waals surface area (Å²) in [5.74, 6) is 0.993. The molecule has 0 fully saturated rings. The van der Waals surface area contributed by atoms with Gasteiger partial charge >= 0.3 is 7.12 Å². The van der Waals surface area contributed by atoms with Gasteiger partial charge in [0.25, 0.3) is 0 Å². The maximum atomic E-state index is 9.46. The molecule has 1 heterocycles. The molecule has 0 aliphatic carbocycles. The molecule has 0 atom stereocenters. The Morgan fingerprint density at radius 3 is 2.65 bits per heavy atom. The monoisotopic (exact) mass is 236 g/mol. The Labute approximate surface area is 101 Å². The van der Waals surface area contributed by atoms with Gasteiger partial charge in [-0.1, -0.05) is 6.07 Å². The third kappa shape index (κ3) is 2.26. The van der Waals surface area contributed by atoms with Gasteiger partial charge in [-0.05, 0) is 38.3 Å². The fraction of sp³-hybridized carbons (Fsp3) is 0.500. The van der Waals surface area contributed by atoms with Gasteiger partial charge < -0.3 is 19.5 Å². The van der Waals surface area contributed by atoms with Gasteiger partial charge in [0.05, 0.1) is 12.6 Å². The molecule has 1 aromatic carbocycles. The van der Waals surface area contributed by atoms with E-state index in [4.69, 9.17) is 9.47 Å². The predicted octanol–water partition coefficient (Wildman–Crippen LogP) is 0.479. The highest BCUT2D eigenvalue weighted by Crippen LogP contribution is 2.34. The van der Waals surface area contributed by atoms with Gasteiger partial charge in [0.1, 0.15) is 17.1 Å². The zero-order chi connectivity index (χ0) is 12.6. The zero-order valence-electron chi connectivity index (χ0n) is 10.4. The van der Waals surface area contributed by atoms with E-state index in [1.54, 1.807) is 6.07 Å². The largest absolute Gasteiger partial charge is 0.497 e. The highest BCUT2D eigenvalue weighted by atomic mass is 16.5. The van der Waals surface area contributed by atoms with Crippen LogP contribution in [-0.2, 0) is 6.42 Å². The molecule has 1 aliphatic rings. The molecule has 0 aromatic heterocycles. The van der Waals surface area contributed by atoms with Crippen molar-refractivity contribution in [2.75, 3.05) is 7.11 Å². The molecule has 0 unspecified atom stereocenters. The lowest BCUT2D eigenvalue weighted by Crippen LogP contribution is -2.40. The zero-order valence-corrected chi connectivity index (χ0v) is 10.4. The molecule has 5 heteroatoms. The maximum absolute atomic E-state index is 9.46. The first-order valence-corrected chi connectivity index (χ1v) is 5.69. The number of hydrogen-bond donors (Lipinski definition) is 2. The van der Waals surface area contributed by atoms with Crippen molar-refractivity contribution >= 4 is 12.6 Å². The Morgan fingerprint density at radius 1 is 1.35 bits per heavy atom. The molecule has 2 rings (SSSR count). The highest BCUT2D eigenvalue weighted by molar-refractivity contribution is 6.61. The Morgan fingerprint density at radius 2 is 2.06 bits per heavy atom. The Balaban J connectivity index is 2.55. The van der Waals surface area contributed by atoms with Crippen LogP contribution in [0.15, 0.2) is 12.1 Å². The van der Waals surface area contributed by atoms with E-state index in [9.17, 15) is 10.0 Å². The van der Waals surface area contributed by atoms with Crippen LogP contribution in [0.5, 0.6) is 11.5 Å². The third-order valence-corrected chi connectivity index (χ3v) is 3.09. The average Bonchev–Trinajstić information content (AvgIpc) is 2.25. The Hall–Kier alpha value is -1.20. The summed E-state index contributed by atoms with van der Waals surface area (Å²) in [7, 11) is -0.0875. The molecule has 0 radical (unpaired) electrons. The number of aryl methyl sites for hydroxylation is 1. The molecule has 2 N–H and O–H groups in total. The van der Waals surface area contributed by atoms with Crippen molar-refractivity contribution in [3.63, 3.8) is 0 Å². The van der Waals surface area contributed by atoms with E-state index < -0.39 is 7.12 Å². The van der Waals surface area contributed by atoms with E-state index in [1.807, 2.05) is 19.9 Å². The van der Waals surface area contributed by atoms with Crippen LogP contribution in [0.3, 0.4) is 0 Å². The predicted molar refractivity (Wildman–Crippen MR) is 65.8 cm³/mol. The molecule has 4 nitrogen and oxygen atoms in total. The van der Waals surface area contributed by atoms with Gasteiger partial charge in [-0.15, -0.1) is 0 Å². The minimum Gasteiger partial charge on any atom is -0.497 e. The van der Waals surface area contributed by atoms with Gasteiger partial charge in [0.15, 0.2) is 0 Å². The summed E-state index contributed by atoms with van der Waals surface area (Å²) in [5, 5.41) is 18.9. The molecule has 0 bridgehead atoms. The van der Waals surface area contributed by atoms with Gasteiger partial charge in [0.2, 0.25) is 0 Å². The van der Waals surface area contributed by atoms with Crippen LogP contribution in [0.4, 0.5) is 0 Å². The molecule has 92 valence electrons. The number of ether oxygens (including phenoxy) is 2. The summed E-state index contributed by atoms with van der Waals surface area (Å²) in [6.45, 7) is 3.98. The van der Waals surface area contributed by atoms with Crippen LogP contribution in [-0.4, -0.2) is 29.9 Å². The molecule has 1 aromatic rings. The number of methoxy groups -OCH3 is 1. The molecule has 0 amide bonds. The van der Waals surface area contributed by atoms with Gasteiger partial charge in [-0.3, -0.25) is 0 Å². The smallest absolute Gasteiger partial charge is 0.496 e. The second-order valence-corrected chi connectivity index (χ2v) is 4.91. The van der Waals surface area contributed by atoms with Gasteiger partial charge in [-0.2, -0.15) is 0 Å². The molecule has 0 saturated carbocycles. The topological polar surface area (TPSA) is 58.9 Å². The second-order valence-electron chi connectivity index (χ2n) is 4.91. The van der Waals surface area contributed by atoms with E-state index in [2.05, 4.69) is 0 Å². The summed E-state index contributed by atoms with van der Waals surface area (Å²) in [5.41, 5.74) is 1.02. The normalized spacial score (nSPS) is 17.0. The van der Waals surface area contributed by atoms with Crippen molar-refractivity contribution < 1.29 is 19.5 Å². The Kier molecular flexibility index (Phi) is 3.06. The van der Waals surface area contributed by atoms with Crippen LogP contribution in [0.1, 0.15) is 25.8 Å². The number of rotatable bonds is 2. The fourth-order valence-electron chi connectivity index (χ4n) is 2.13. The summed E-state index contributed by atoms with van der Waals surface area (Å²) >= 11 is 0. The molecule has 0 saturated heterocycles. The SMILES string of the molecule is COc1ccc2c(c1B(O)O)OC(C)(C)CC2. The van der Waals surface area contributed by atoms with E-state index >= 15 is 0 Å². The van der Waals surface area contributed by atoms with Crippen molar-refractivity contribution in [2.45, 2.75) is 32.3 Å². The lowest BCUT2D eigenvalue weighted by molar-refractivity contribution is 0.0855. The summed E-state index contributed by atoms with van der Waals surface area (Å²) < 4.78 is 11.0. The van der Waals surface area contributed by atoms with E-state index in [-0.39, 0.29) is 5.60 Å². The second kappa shape index (κ2) is 4.24. The van der Waals surface area contributed by atoms with Crippen LogP contribution in [0.2, 0.25) is 0 Å². The van der Waals surface area contributed by atoms with Crippen molar-refractivity contribution in [1.29, 1.82) is 0 Å². The van der Waals surface area contributed by atoms with Crippen LogP contribution < -0.4 is 14.9 Å². The van der Waals surface area contributed by atoms with Crippen molar-refractivity contribution in [3.8, 4) is 11.5 Å². The summed E-state index contributed by atoms with van der Waals surface area (Å²) in [6.07, 6.45) is 1.78. The highest BCUT2D eigenvalue weighted by Gasteiger charge is 2.33. The minimum atomic E-state index is -1.59. The van der Waals surface area contributed by atoms with Crippen LogP contribution in [0.25, 0.3) is 0 Å². The van der Waals surface area contributed by atoms with Crippen molar-refractivity contribution in [2.24, 2.45) is 0 Å². The number of fused-ring (bicyclic) bond motifs is 1. The lowest BCUT2D eigenvalue weighted by atomic mass is 9.76. The van der Waals surface area contributed by atoms with Crippen molar-refractivity contribution in [1.82, 2.24) is 0 Å². The lowest BCUT2D eigenvalue weighted by Gasteiger charge is -2.34. The van der Waals surface area contributed by atoms with E-state index in [0.29, 0.717) is 17.0 Å². The van der Waals surface area contributed by atoms with Gasteiger partial charge in [-0.25, -0.2) is 0 Å². The summed E-state index contributed by atoms with van der Waals surface area (Å²) in [6, 6.07) is 3.66. The number of benzene rings is 1. The standard InChI is InChI=1S/C12H17BO4/c1-12(2)7-6-8-4-5-9(16-3)10(13(14)15)11(8)17-12/h4-5,14-15H,6-7H2,1-3H3. The first-order valence-electron chi connectivity index (χ1n) is 5.69. The number of hydrogen-bond acceptors (Lipinski definition) is 4. The third-order valence-electron chi connectivity index (χ3n) is 3.09. The van der Waals surface area contributed by atoms with E-state index in [1.165, 1.54) is 7.11 Å². The molecular weight excluding hydrogens is 219 g/mol. The van der Waals surface area contributed by atoms with Crippen LogP contribution in [0, 0.1) is 0 Å². The molecule has 1 aliphatic heterocycles. The van der Waals surface area contributed by atoms with Crippen LogP contribution >= 0.6 is 0 Å². The average molecular weight is 236 g/mol. The summed E-state index contributed by atoms with van der Waals surface area (Å²) in [4.78, 5) is 0. The fourth-order valence-corrected chi connectivity index (χ4v) is 2.13. The Bertz CT molecular complexity index is 429. The van der Waals surface area contributed by atoms with E-state index in [0.717, 1.165) is 18.4 Å². The maximum Gasteiger partial charge on any atom is 0.496 e. The quantitative estimate of drug-likeness (QED) is 0.733.